The van der Waals surface area contributed by atoms with Crippen LogP contribution in [0.25, 0.3) is 0 Å². The van der Waals surface area contributed by atoms with E-state index in [0.717, 1.165) is 11.1 Å². The highest BCUT2D eigenvalue weighted by Crippen LogP contribution is 2.25. The van der Waals surface area contributed by atoms with E-state index in [1.54, 1.807) is 19.1 Å². The van der Waals surface area contributed by atoms with Gasteiger partial charge in [0, 0.05) is 12.7 Å². The van der Waals surface area contributed by atoms with Gasteiger partial charge in [0.05, 0.1) is 5.69 Å². The highest BCUT2D eigenvalue weighted by molar-refractivity contribution is 7.90. The predicted molar refractivity (Wildman–Crippen MR) is 61.9 cm³/mol. The first-order valence-electron chi connectivity index (χ1n) is 4.44. The Labute approximate surface area is 89.9 Å². The standard InChI is InChI=1S/C9H15N3O2S/c1-6-4-5-8(10)7(2)9(6)12-15(13,14)11-3/h4-5,11-12H,10H2,1-3H3. The van der Waals surface area contributed by atoms with Crippen molar-refractivity contribution in [1.82, 2.24) is 4.72 Å². The molecule has 0 aliphatic rings. The maximum atomic E-state index is 11.3. The lowest BCUT2D eigenvalue weighted by atomic mass is 10.1. The van der Waals surface area contributed by atoms with Crippen molar-refractivity contribution in [3.8, 4) is 0 Å². The first-order valence-corrected chi connectivity index (χ1v) is 5.92. The van der Waals surface area contributed by atoms with Gasteiger partial charge in [-0.3, -0.25) is 4.72 Å². The summed E-state index contributed by atoms with van der Waals surface area (Å²) in [6.45, 7) is 3.59. The number of anilines is 2. The number of rotatable bonds is 3. The SMILES string of the molecule is CNS(=O)(=O)Nc1c(C)ccc(N)c1C. The van der Waals surface area contributed by atoms with Gasteiger partial charge < -0.3 is 5.73 Å². The Morgan fingerprint density at radius 1 is 1.27 bits per heavy atom. The molecular formula is C9H15N3O2S. The van der Waals surface area contributed by atoms with E-state index in [9.17, 15) is 8.42 Å². The summed E-state index contributed by atoms with van der Waals surface area (Å²) in [4.78, 5) is 0. The van der Waals surface area contributed by atoms with Crippen LogP contribution in [0.5, 0.6) is 0 Å². The lowest BCUT2D eigenvalue weighted by Gasteiger charge is -2.13. The molecule has 4 N–H and O–H groups in total. The van der Waals surface area contributed by atoms with Gasteiger partial charge >= 0.3 is 0 Å². The van der Waals surface area contributed by atoms with Crippen LogP contribution in [0.15, 0.2) is 12.1 Å². The fourth-order valence-electron chi connectivity index (χ4n) is 1.21. The minimum atomic E-state index is -3.49. The van der Waals surface area contributed by atoms with Crippen LogP contribution < -0.4 is 15.2 Å². The van der Waals surface area contributed by atoms with Gasteiger partial charge in [0.1, 0.15) is 0 Å². The van der Waals surface area contributed by atoms with E-state index < -0.39 is 10.2 Å². The molecule has 0 spiro atoms. The average molecular weight is 229 g/mol. The summed E-state index contributed by atoms with van der Waals surface area (Å²) in [5.41, 5.74) is 8.35. The van der Waals surface area contributed by atoms with Gasteiger partial charge in [-0.25, -0.2) is 4.72 Å². The minimum absolute atomic E-state index is 0.532. The Morgan fingerprint density at radius 2 is 1.87 bits per heavy atom. The zero-order chi connectivity index (χ0) is 11.6. The Bertz CT molecular complexity index is 468. The summed E-state index contributed by atoms with van der Waals surface area (Å²) in [5, 5.41) is 0. The number of nitrogens with two attached hydrogens (primary N) is 1. The Balaban J connectivity index is 3.21. The zero-order valence-electron chi connectivity index (χ0n) is 8.96. The fraction of sp³-hybridized carbons (Fsp3) is 0.333. The molecule has 15 heavy (non-hydrogen) atoms. The molecule has 84 valence electrons. The number of hydrogen-bond donors (Lipinski definition) is 3. The van der Waals surface area contributed by atoms with E-state index in [2.05, 4.69) is 9.44 Å². The molecule has 0 saturated heterocycles. The molecule has 0 aliphatic carbocycles. The maximum absolute atomic E-state index is 11.3. The van der Waals surface area contributed by atoms with E-state index in [1.807, 2.05) is 6.92 Å². The van der Waals surface area contributed by atoms with Gasteiger partial charge in [0.25, 0.3) is 10.2 Å². The van der Waals surface area contributed by atoms with Crippen LogP contribution in [0, 0.1) is 13.8 Å². The lowest BCUT2D eigenvalue weighted by molar-refractivity contribution is 0.593. The number of benzene rings is 1. The third-order valence-corrected chi connectivity index (χ3v) is 3.23. The monoisotopic (exact) mass is 229 g/mol. The van der Waals surface area contributed by atoms with Crippen molar-refractivity contribution < 1.29 is 8.42 Å². The molecule has 0 unspecified atom stereocenters. The van der Waals surface area contributed by atoms with E-state index >= 15 is 0 Å². The quantitative estimate of drug-likeness (QED) is 0.669. The van der Waals surface area contributed by atoms with Crippen molar-refractivity contribution in [3.63, 3.8) is 0 Å². The Kier molecular flexibility index (Phi) is 3.21. The molecule has 6 heteroatoms. The van der Waals surface area contributed by atoms with Crippen LogP contribution in [0.3, 0.4) is 0 Å². The number of hydrogen-bond acceptors (Lipinski definition) is 3. The summed E-state index contributed by atoms with van der Waals surface area (Å²) < 4.78 is 27.3. The third kappa shape index (κ3) is 2.60. The lowest BCUT2D eigenvalue weighted by Crippen LogP contribution is -2.27. The topological polar surface area (TPSA) is 84.2 Å². The molecule has 0 bridgehead atoms. The van der Waals surface area contributed by atoms with Crippen LogP contribution in [-0.4, -0.2) is 15.5 Å². The number of aryl methyl sites for hydroxylation is 1. The van der Waals surface area contributed by atoms with Crippen LogP contribution >= 0.6 is 0 Å². The molecule has 0 amide bonds. The van der Waals surface area contributed by atoms with Crippen molar-refractivity contribution in [1.29, 1.82) is 0 Å². The van der Waals surface area contributed by atoms with E-state index in [0.29, 0.717) is 11.4 Å². The van der Waals surface area contributed by atoms with Crippen molar-refractivity contribution in [2.75, 3.05) is 17.5 Å². The second-order valence-corrected chi connectivity index (χ2v) is 4.90. The molecule has 0 heterocycles. The molecule has 0 atom stereocenters. The average Bonchev–Trinajstić information content (AvgIpc) is 2.19. The molecule has 1 rings (SSSR count). The molecule has 0 radical (unpaired) electrons. The van der Waals surface area contributed by atoms with Gasteiger partial charge in [0.15, 0.2) is 0 Å². The van der Waals surface area contributed by atoms with Gasteiger partial charge in [-0.15, -0.1) is 0 Å². The second kappa shape index (κ2) is 4.08. The van der Waals surface area contributed by atoms with Crippen LogP contribution in [0.4, 0.5) is 11.4 Å². The Morgan fingerprint density at radius 3 is 2.40 bits per heavy atom. The predicted octanol–water partition coefficient (Wildman–Crippen LogP) is 0.762. The van der Waals surface area contributed by atoms with Crippen molar-refractivity contribution in [3.05, 3.63) is 23.3 Å². The summed E-state index contributed by atoms with van der Waals surface area (Å²) in [7, 11) is -2.14. The van der Waals surface area contributed by atoms with Crippen molar-refractivity contribution in [2.45, 2.75) is 13.8 Å². The van der Waals surface area contributed by atoms with E-state index in [-0.39, 0.29) is 0 Å². The first kappa shape index (κ1) is 11.8. The smallest absolute Gasteiger partial charge is 0.298 e. The van der Waals surface area contributed by atoms with Gasteiger partial charge in [-0.1, -0.05) is 6.07 Å². The van der Waals surface area contributed by atoms with E-state index in [4.69, 9.17) is 5.73 Å². The molecular weight excluding hydrogens is 214 g/mol. The van der Waals surface area contributed by atoms with Crippen LogP contribution in [0.1, 0.15) is 11.1 Å². The molecule has 0 fully saturated rings. The molecule has 5 nitrogen and oxygen atoms in total. The van der Waals surface area contributed by atoms with Crippen LogP contribution in [-0.2, 0) is 10.2 Å². The molecule has 0 aromatic heterocycles. The highest BCUT2D eigenvalue weighted by atomic mass is 32.2. The zero-order valence-corrected chi connectivity index (χ0v) is 9.77. The van der Waals surface area contributed by atoms with Gasteiger partial charge in [0.2, 0.25) is 0 Å². The van der Waals surface area contributed by atoms with Crippen LogP contribution in [0.2, 0.25) is 0 Å². The molecule has 0 aliphatic heterocycles. The Hall–Kier alpha value is -1.27. The summed E-state index contributed by atoms with van der Waals surface area (Å²) in [6.07, 6.45) is 0. The molecule has 0 saturated carbocycles. The normalized spacial score (nSPS) is 11.4. The second-order valence-electron chi connectivity index (χ2n) is 3.28. The maximum Gasteiger partial charge on any atom is 0.298 e. The minimum Gasteiger partial charge on any atom is -0.398 e. The molecule has 1 aromatic carbocycles. The number of nitrogen functional groups attached to an aromatic ring is 1. The highest BCUT2D eigenvalue weighted by Gasteiger charge is 2.11. The van der Waals surface area contributed by atoms with Gasteiger partial charge in [-0.2, -0.15) is 8.42 Å². The third-order valence-electron chi connectivity index (χ3n) is 2.22. The summed E-state index contributed by atoms with van der Waals surface area (Å²) >= 11 is 0. The summed E-state index contributed by atoms with van der Waals surface area (Å²) in [5.74, 6) is 0. The summed E-state index contributed by atoms with van der Waals surface area (Å²) in [6, 6.07) is 3.53. The number of nitrogens with one attached hydrogen (secondary N) is 2. The first-order chi connectivity index (χ1) is 6.87. The van der Waals surface area contributed by atoms with Gasteiger partial charge in [-0.05, 0) is 31.0 Å². The fourth-order valence-corrected chi connectivity index (χ4v) is 1.89. The van der Waals surface area contributed by atoms with Crippen molar-refractivity contribution >= 4 is 21.6 Å². The largest absolute Gasteiger partial charge is 0.398 e. The van der Waals surface area contributed by atoms with Crippen molar-refractivity contribution in [2.24, 2.45) is 0 Å². The molecule has 1 aromatic rings. The van der Waals surface area contributed by atoms with E-state index in [1.165, 1.54) is 7.05 Å².